The zero-order valence-electron chi connectivity index (χ0n) is 16.4. The Morgan fingerprint density at radius 1 is 0.968 bits per heavy atom. The number of carbonyl (C=O) groups is 1. The first-order valence-corrected chi connectivity index (χ1v) is 10.3. The van der Waals surface area contributed by atoms with Crippen LogP contribution in [-0.4, -0.2) is 22.5 Å². The lowest BCUT2D eigenvalue weighted by molar-refractivity contribution is 0.0730. The van der Waals surface area contributed by atoms with Gasteiger partial charge >= 0.3 is 0 Å². The summed E-state index contributed by atoms with van der Waals surface area (Å²) in [6, 6.07) is 20.6. The van der Waals surface area contributed by atoms with E-state index in [0.717, 1.165) is 11.1 Å². The highest BCUT2D eigenvalue weighted by atomic mass is 35.5. The third-order valence-corrected chi connectivity index (χ3v) is 5.86. The van der Waals surface area contributed by atoms with Crippen LogP contribution in [0.2, 0.25) is 5.02 Å². The molecule has 0 radical (unpaired) electrons. The van der Waals surface area contributed by atoms with Crippen molar-refractivity contribution in [2.75, 3.05) is 6.54 Å². The van der Waals surface area contributed by atoms with Gasteiger partial charge in [-0.05, 0) is 47.9 Å². The van der Waals surface area contributed by atoms with Crippen LogP contribution >= 0.6 is 11.6 Å². The summed E-state index contributed by atoms with van der Waals surface area (Å²) in [6.07, 6.45) is 0.634. The zero-order chi connectivity index (χ0) is 21.5. The summed E-state index contributed by atoms with van der Waals surface area (Å²) in [7, 11) is 0. The molecule has 1 N–H and O–H groups in total. The van der Waals surface area contributed by atoms with Gasteiger partial charge in [-0.15, -0.1) is 0 Å². The SMILES string of the molecule is O=C1c2oc3ccc(Cl)cc3c(=O)c2C(c2ccc(O)cc2)N1CCc1ccccc1. The summed E-state index contributed by atoms with van der Waals surface area (Å²) in [5.41, 5.74) is 2.18. The second-order valence-electron chi connectivity index (χ2n) is 7.54. The van der Waals surface area contributed by atoms with Crippen LogP contribution in [0, 0.1) is 0 Å². The van der Waals surface area contributed by atoms with Crippen LogP contribution in [0.15, 0.2) is 82.0 Å². The molecule has 0 saturated heterocycles. The Kier molecular flexibility index (Phi) is 4.75. The molecule has 1 amide bonds. The number of halogens is 1. The maximum absolute atomic E-state index is 13.4. The molecular formula is C25H18ClNO4. The predicted octanol–water partition coefficient (Wildman–Crippen LogP) is 4.94. The fourth-order valence-corrected chi connectivity index (χ4v) is 4.29. The van der Waals surface area contributed by atoms with Crippen LogP contribution in [-0.2, 0) is 6.42 Å². The molecule has 4 aromatic rings. The monoisotopic (exact) mass is 431 g/mol. The molecule has 0 spiro atoms. The number of rotatable bonds is 4. The first kappa shape index (κ1) is 19.4. The highest BCUT2D eigenvalue weighted by Gasteiger charge is 2.42. The largest absolute Gasteiger partial charge is 0.508 e. The molecule has 31 heavy (non-hydrogen) atoms. The summed E-state index contributed by atoms with van der Waals surface area (Å²) in [6.45, 7) is 0.412. The molecule has 2 heterocycles. The van der Waals surface area contributed by atoms with E-state index in [1.165, 1.54) is 0 Å². The molecule has 1 aromatic heterocycles. The maximum Gasteiger partial charge on any atom is 0.290 e. The number of phenols is 1. The highest BCUT2D eigenvalue weighted by Crippen LogP contribution is 2.38. The Bertz CT molecular complexity index is 1350. The van der Waals surface area contributed by atoms with Gasteiger partial charge in [0.05, 0.1) is 17.0 Å². The van der Waals surface area contributed by atoms with E-state index in [1.807, 2.05) is 30.3 Å². The summed E-state index contributed by atoms with van der Waals surface area (Å²) < 4.78 is 5.91. The Labute approximate surface area is 183 Å². The Balaban J connectivity index is 1.66. The molecule has 154 valence electrons. The number of benzene rings is 3. The zero-order valence-corrected chi connectivity index (χ0v) is 17.2. The first-order chi connectivity index (χ1) is 15.0. The topological polar surface area (TPSA) is 70.8 Å². The van der Waals surface area contributed by atoms with Crippen LogP contribution in [0.3, 0.4) is 0 Å². The van der Waals surface area contributed by atoms with Crippen molar-refractivity contribution in [1.82, 2.24) is 4.90 Å². The van der Waals surface area contributed by atoms with Crippen LogP contribution in [0.25, 0.3) is 11.0 Å². The number of amides is 1. The Hall–Kier alpha value is -3.57. The van der Waals surface area contributed by atoms with Crippen molar-refractivity contribution in [3.05, 3.63) is 110 Å². The van der Waals surface area contributed by atoms with Gasteiger partial charge in [-0.1, -0.05) is 54.1 Å². The summed E-state index contributed by atoms with van der Waals surface area (Å²) in [4.78, 5) is 28.5. The van der Waals surface area contributed by atoms with Gasteiger partial charge in [0.1, 0.15) is 11.3 Å². The number of aromatic hydroxyl groups is 1. The average molecular weight is 432 g/mol. The third kappa shape index (κ3) is 3.37. The number of hydrogen-bond acceptors (Lipinski definition) is 4. The minimum absolute atomic E-state index is 0.0611. The van der Waals surface area contributed by atoms with E-state index < -0.39 is 6.04 Å². The molecule has 1 aliphatic heterocycles. The molecule has 0 bridgehead atoms. The summed E-state index contributed by atoms with van der Waals surface area (Å²) in [5, 5.41) is 10.5. The number of phenolic OH excluding ortho intramolecular Hbond substituents is 1. The molecule has 3 aromatic carbocycles. The van der Waals surface area contributed by atoms with Crippen molar-refractivity contribution >= 4 is 28.5 Å². The van der Waals surface area contributed by atoms with Crippen molar-refractivity contribution in [3.63, 3.8) is 0 Å². The minimum Gasteiger partial charge on any atom is -0.508 e. The number of hydrogen-bond donors (Lipinski definition) is 1. The molecule has 1 aliphatic rings. The van der Waals surface area contributed by atoms with E-state index in [-0.39, 0.29) is 22.8 Å². The molecule has 1 unspecified atom stereocenters. The van der Waals surface area contributed by atoms with E-state index >= 15 is 0 Å². The second-order valence-corrected chi connectivity index (χ2v) is 7.98. The van der Waals surface area contributed by atoms with E-state index in [2.05, 4.69) is 0 Å². The number of carbonyl (C=O) groups excluding carboxylic acids is 1. The molecule has 5 rings (SSSR count). The van der Waals surface area contributed by atoms with E-state index in [1.54, 1.807) is 47.4 Å². The van der Waals surface area contributed by atoms with Crippen molar-refractivity contribution in [3.8, 4) is 5.75 Å². The van der Waals surface area contributed by atoms with Crippen molar-refractivity contribution in [2.45, 2.75) is 12.5 Å². The van der Waals surface area contributed by atoms with E-state index in [4.69, 9.17) is 16.0 Å². The van der Waals surface area contributed by atoms with Gasteiger partial charge in [-0.25, -0.2) is 0 Å². The maximum atomic E-state index is 13.4. The van der Waals surface area contributed by atoms with Gasteiger partial charge in [-0.2, -0.15) is 0 Å². The molecular weight excluding hydrogens is 414 g/mol. The Morgan fingerprint density at radius 3 is 2.45 bits per heavy atom. The van der Waals surface area contributed by atoms with Crippen LogP contribution in [0.5, 0.6) is 5.75 Å². The fraction of sp³-hybridized carbons (Fsp3) is 0.120. The third-order valence-electron chi connectivity index (χ3n) is 5.62. The van der Waals surface area contributed by atoms with Crippen molar-refractivity contribution in [2.24, 2.45) is 0 Å². The summed E-state index contributed by atoms with van der Waals surface area (Å²) >= 11 is 6.10. The summed E-state index contributed by atoms with van der Waals surface area (Å²) in [5.74, 6) is -0.148. The van der Waals surface area contributed by atoms with E-state index in [0.29, 0.717) is 34.5 Å². The number of nitrogens with zero attached hydrogens (tertiary/aromatic N) is 1. The molecule has 0 aliphatic carbocycles. The standard InChI is InChI=1S/C25H18ClNO4/c26-17-8-11-20-19(14-17)23(29)21-22(16-6-9-18(28)10-7-16)27(25(30)24(21)31-20)13-12-15-4-2-1-3-5-15/h1-11,14,22,28H,12-13H2. The molecule has 1 atom stereocenters. The normalized spacial score (nSPS) is 15.5. The van der Waals surface area contributed by atoms with Crippen molar-refractivity contribution in [1.29, 1.82) is 0 Å². The second kappa shape index (κ2) is 7.60. The highest BCUT2D eigenvalue weighted by molar-refractivity contribution is 6.31. The predicted molar refractivity (Wildman–Crippen MR) is 119 cm³/mol. The van der Waals surface area contributed by atoms with Crippen LogP contribution < -0.4 is 5.43 Å². The lowest BCUT2D eigenvalue weighted by atomic mass is 9.98. The minimum atomic E-state index is -0.605. The first-order valence-electron chi connectivity index (χ1n) is 9.93. The molecule has 0 saturated carbocycles. The average Bonchev–Trinajstić information content (AvgIpc) is 3.06. The van der Waals surface area contributed by atoms with Gasteiger partial charge in [-0.3, -0.25) is 9.59 Å². The molecule has 0 fully saturated rings. The van der Waals surface area contributed by atoms with Gasteiger partial charge in [0.15, 0.2) is 5.43 Å². The molecule has 5 nitrogen and oxygen atoms in total. The van der Waals surface area contributed by atoms with Crippen LogP contribution in [0.1, 0.15) is 33.3 Å². The van der Waals surface area contributed by atoms with Crippen molar-refractivity contribution < 1.29 is 14.3 Å². The smallest absolute Gasteiger partial charge is 0.290 e. The number of fused-ring (bicyclic) bond motifs is 2. The van der Waals surface area contributed by atoms with Gasteiger partial charge < -0.3 is 14.4 Å². The Morgan fingerprint density at radius 2 is 1.71 bits per heavy atom. The lowest BCUT2D eigenvalue weighted by Gasteiger charge is -2.25. The van der Waals surface area contributed by atoms with Gasteiger partial charge in [0.2, 0.25) is 5.76 Å². The van der Waals surface area contributed by atoms with Gasteiger partial charge in [0.25, 0.3) is 5.91 Å². The quantitative estimate of drug-likeness (QED) is 0.497. The lowest BCUT2D eigenvalue weighted by Crippen LogP contribution is -2.31. The van der Waals surface area contributed by atoms with Gasteiger partial charge in [0, 0.05) is 11.6 Å². The molecule has 6 heteroatoms. The van der Waals surface area contributed by atoms with Crippen LogP contribution in [0.4, 0.5) is 0 Å². The fourth-order valence-electron chi connectivity index (χ4n) is 4.12. The van der Waals surface area contributed by atoms with E-state index in [9.17, 15) is 14.7 Å².